The van der Waals surface area contributed by atoms with Crippen molar-refractivity contribution in [2.75, 3.05) is 25.0 Å². The number of nitrogens with one attached hydrogen (secondary N) is 1. The molecule has 1 saturated heterocycles. The Balaban J connectivity index is 1.54. The fraction of sp³-hybridized carbons (Fsp3) is 0.571. The predicted molar refractivity (Wildman–Crippen MR) is 103 cm³/mol. The van der Waals surface area contributed by atoms with Crippen LogP contribution in [0.15, 0.2) is 30.3 Å². The Kier molecular flexibility index (Phi) is 5.07. The number of aryl methyl sites for hydroxylation is 1. The molecule has 4 heteroatoms. The molecule has 2 aromatic rings. The molecule has 3 heterocycles. The molecule has 0 aliphatic carbocycles. The fourth-order valence-electron chi connectivity index (χ4n) is 4.42. The minimum absolute atomic E-state index is 0.582. The second-order valence-electron chi connectivity index (χ2n) is 7.47. The van der Waals surface area contributed by atoms with Crippen molar-refractivity contribution in [1.82, 2.24) is 14.7 Å². The predicted octanol–water partition coefficient (Wildman–Crippen LogP) is 4.03. The molecule has 1 N–H and O–H groups in total. The third-order valence-electron chi connectivity index (χ3n) is 5.67. The van der Waals surface area contributed by atoms with E-state index in [0.717, 1.165) is 26.2 Å². The third kappa shape index (κ3) is 3.59. The van der Waals surface area contributed by atoms with Crippen LogP contribution in [0.4, 0.5) is 5.82 Å². The number of hydrogen-bond acceptors (Lipinski definition) is 3. The average molecular weight is 338 g/mol. The second-order valence-corrected chi connectivity index (χ2v) is 7.47. The van der Waals surface area contributed by atoms with Crippen LogP contribution in [0, 0.1) is 0 Å². The van der Waals surface area contributed by atoms with Gasteiger partial charge in [0.2, 0.25) is 0 Å². The van der Waals surface area contributed by atoms with Crippen molar-refractivity contribution in [2.24, 2.45) is 0 Å². The van der Waals surface area contributed by atoms with Gasteiger partial charge >= 0.3 is 0 Å². The SMILES string of the molecule is CCn1nc(C2CCCN(Cc3ccccc3)C2)c2c1NCCCC2. The molecule has 0 saturated carbocycles. The van der Waals surface area contributed by atoms with Gasteiger partial charge in [0.1, 0.15) is 5.82 Å². The molecular formula is C21H30N4. The maximum Gasteiger partial charge on any atom is 0.127 e. The Labute approximate surface area is 151 Å². The van der Waals surface area contributed by atoms with E-state index in [1.165, 1.54) is 61.3 Å². The Morgan fingerprint density at radius 1 is 1.16 bits per heavy atom. The van der Waals surface area contributed by atoms with Crippen LogP contribution < -0.4 is 5.32 Å². The van der Waals surface area contributed by atoms with Gasteiger partial charge in [0.15, 0.2) is 0 Å². The topological polar surface area (TPSA) is 33.1 Å². The van der Waals surface area contributed by atoms with Crippen molar-refractivity contribution in [3.63, 3.8) is 0 Å². The van der Waals surface area contributed by atoms with E-state index in [1.54, 1.807) is 0 Å². The molecule has 1 unspecified atom stereocenters. The van der Waals surface area contributed by atoms with Crippen LogP contribution in [-0.2, 0) is 19.5 Å². The van der Waals surface area contributed by atoms with E-state index in [9.17, 15) is 0 Å². The van der Waals surface area contributed by atoms with E-state index in [1.807, 2.05) is 0 Å². The highest BCUT2D eigenvalue weighted by molar-refractivity contribution is 5.50. The molecule has 4 rings (SSSR count). The van der Waals surface area contributed by atoms with Crippen LogP contribution in [0.3, 0.4) is 0 Å². The first-order valence-corrected chi connectivity index (χ1v) is 9.95. The zero-order valence-electron chi connectivity index (χ0n) is 15.4. The van der Waals surface area contributed by atoms with Gasteiger partial charge in [-0.1, -0.05) is 30.3 Å². The second kappa shape index (κ2) is 7.61. The first-order valence-electron chi connectivity index (χ1n) is 9.95. The number of fused-ring (bicyclic) bond motifs is 1. The molecule has 134 valence electrons. The monoisotopic (exact) mass is 338 g/mol. The van der Waals surface area contributed by atoms with Crippen molar-refractivity contribution in [3.05, 3.63) is 47.2 Å². The summed E-state index contributed by atoms with van der Waals surface area (Å²) in [5.74, 6) is 1.88. The number of piperidine rings is 1. The lowest BCUT2D eigenvalue weighted by molar-refractivity contribution is 0.197. The normalized spacial score (nSPS) is 21.4. The lowest BCUT2D eigenvalue weighted by Gasteiger charge is -2.32. The van der Waals surface area contributed by atoms with Crippen molar-refractivity contribution in [1.29, 1.82) is 0 Å². The quantitative estimate of drug-likeness (QED) is 0.914. The van der Waals surface area contributed by atoms with Gasteiger partial charge in [-0.3, -0.25) is 4.90 Å². The molecule has 0 radical (unpaired) electrons. The average Bonchev–Trinajstić information content (AvgIpc) is 2.83. The van der Waals surface area contributed by atoms with Crippen molar-refractivity contribution in [2.45, 2.75) is 58.0 Å². The summed E-state index contributed by atoms with van der Waals surface area (Å²) in [6.07, 6.45) is 6.29. The standard InChI is InChI=1S/C21H30N4/c1-2-25-21-19(12-6-7-13-22-21)20(23-25)18-11-8-14-24(16-18)15-17-9-4-3-5-10-17/h3-5,9-10,18,22H,2,6-8,11-16H2,1H3. The van der Waals surface area contributed by atoms with E-state index in [-0.39, 0.29) is 0 Å². The molecule has 0 amide bonds. The van der Waals surface area contributed by atoms with E-state index in [2.05, 4.69) is 52.2 Å². The van der Waals surface area contributed by atoms with E-state index < -0.39 is 0 Å². The number of aromatic nitrogens is 2. The van der Waals surface area contributed by atoms with Crippen LogP contribution in [0.5, 0.6) is 0 Å². The third-order valence-corrected chi connectivity index (χ3v) is 5.67. The largest absolute Gasteiger partial charge is 0.370 e. The van der Waals surface area contributed by atoms with Crippen LogP contribution in [0.25, 0.3) is 0 Å². The number of likely N-dealkylation sites (tertiary alicyclic amines) is 1. The summed E-state index contributed by atoms with van der Waals surface area (Å²) >= 11 is 0. The summed E-state index contributed by atoms with van der Waals surface area (Å²) in [7, 11) is 0. The maximum atomic E-state index is 5.04. The van der Waals surface area contributed by atoms with Gasteiger partial charge in [-0.05, 0) is 51.1 Å². The molecule has 1 aromatic carbocycles. The zero-order chi connectivity index (χ0) is 17.1. The number of anilines is 1. The summed E-state index contributed by atoms with van der Waals surface area (Å²) < 4.78 is 2.20. The number of rotatable bonds is 4. The Morgan fingerprint density at radius 3 is 2.88 bits per heavy atom. The molecule has 2 aliphatic rings. The van der Waals surface area contributed by atoms with Gasteiger partial charge in [0.25, 0.3) is 0 Å². The molecule has 1 aromatic heterocycles. The molecule has 4 nitrogen and oxygen atoms in total. The molecule has 2 aliphatic heterocycles. The van der Waals surface area contributed by atoms with Crippen molar-refractivity contribution in [3.8, 4) is 0 Å². The highest BCUT2D eigenvalue weighted by Gasteiger charge is 2.28. The van der Waals surface area contributed by atoms with Crippen LogP contribution in [0.1, 0.15) is 55.3 Å². The number of benzene rings is 1. The highest BCUT2D eigenvalue weighted by atomic mass is 15.3. The first kappa shape index (κ1) is 16.6. The lowest BCUT2D eigenvalue weighted by atomic mass is 9.91. The Hall–Kier alpha value is -1.81. The van der Waals surface area contributed by atoms with Crippen LogP contribution >= 0.6 is 0 Å². The zero-order valence-corrected chi connectivity index (χ0v) is 15.4. The minimum atomic E-state index is 0.582. The summed E-state index contributed by atoms with van der Waals surface area (Å²) in [5, 5.41) is 8.69. The van der Waals surface area contributed by atoms with Gasteiger partial charge in [-0.25, -0.2) is 4.68 Å². The Morgan fingerprint density at radius 2 is 2.04 bits per heavy atom. The van der Waals surface area contributed by atoms with Gasteiger partial charge in [-0.2, -0.15) is 5.10 Å². The summed E-state index contributed by atoms with van der Waals surface area (Å²) in [4.78, 5) is 2.62. The smallest absolute Gasteiger partial charge is 0.127 e. The molecule has 1 fully saturated rings. The van der Waals surface area contributed by atoms with Gasteiger partial charge in [0, 0.05) is 37.7 Å². The first-order chi connectivity index (χ1) is 12.3. The van der Waals surface area contributed by atoms with Crippen molar-refractivity contribution < 1.29 is 0 Å². The molecule has 25 heavy (non-hydrogen) atoms. The Bertz CT molecular complexity index is 691. The summed E-state index contributed by atoms with van der Waals surface area (Å²) in [5.41, 5.74) is 4.30. The molecular weight excluding hydrogens is 308 g/mol. The maximum absolute atomic E-state index is 5.04. The van der Waals surface area contributed by atoms with E-state index in [4.69, 9.17) is 5.10 Å². The molecule has 0 spiro atoms. The highest BCUT2D eigenvalue weighted by Crippen LogP contribution is 2.34. The lowest BCUT2D eigenvalue weighted by Crippen LogP contribution is -2.34. The van der Waals surface area contributed by atoms with Gasteiger partial charge < -0.3 is 5.32 Å². The van der Waals surface area contributed by atoms with Gasteiger partial charge in [0.05, 0.1) is 5.69 Å². The molecule has 0 bridgehead atoms. The minimum Gasteiger partial charge on any atom is -0.370 e. The van der Waals surface area contributed by atoms with E-state index >= 15 is 0 Å². The summed E-state index contributed by atoms with van der Waals surface area (Å²) in [6.45, 7) is 7.65. The fourth-order valence-corrected chi connectivity index (χ4v) is 4.42. The number of hydrogen-bond donors (Lipinski definition) is 1. The van der Waals surface area contributed by atoms with Crippen LogP contribution in [0.2, 0.25) is 0 Å². The van der Waals surface area contributed by atoms with Crippen molar-refractivity contribution >= 4 is 5.82 Å². The van der Waals surface area contributed by atoms with Crippen LogP contribution in [-0.4, -0.2) is 34.3 Å². The van der Waals surface area contributed by atoms with E-state index in [0.29, 0.717) is 5.92 Å². The summed E-state index contributed by atoms with van der Waals surface area (Å²) in [6, 6.07) is 10.9. The molecule has 1 atom stereocenters. The van der Waals surface area contributed by atoms with Gasteiger partial charge in [-0.15, -0.1) is 0 Å². The number of nitrogens with zero attached hydrogens (tertiary/aromatic N) is 3.